The Hall–Kier alpha value is -1.33. The van der Waals surface area contributed by atoms with Crippen molar-refractivity contribution in [3.63, 3.8) is 0 Å². The Labute approximate surface area is 127 Å². The Kier molecular flexibility index (Phi) is 4.31. The van der Waals surface area contributed by atoms with Crippen LogP contribution in [0, 0.1) is 0 Å². The Morgan fingerprint density at radius 1 is 0.857 bits per heavy atom. The van der Waals surface area contributed by atoms with E-state index in [2.05, 4.69) is 0 Å². The summed E-state index contributed by atoms with van der Waals surface area (Å²) in [5.41, 5.74) is 4.22. The quantitative estimate of drug-likeness (QED) is 0.847. The van der Waals surface area contributed by atoms with Crippen LogP contribution in [0.15, 0.2) is 46.2 Å². The van der Waals surface area contributed by atoms with Crippen LogP contribution >= 0.6 is 0 Å². The molecule has 0 saturated heterocycles. The summed E-state index contributed by atoms with van der Waals surface area (Å²) in [5, 5.41) is 18.1. The van der Waals surface area contributed by atoms with Gasteiger partial charge in [0.05, 0.1) is 0 Å². The van der Waals surface area contributed by atoms with E-state index in [9.17, 15) is 4.55 Å². The molecule has 110 valence electrons. The zero-order chi connectivity index (χ0) is 14.8. The second kappa shape index (κ2) is 6.20. The molecule has 2 N–H and O–H groups in total. The minimum absolute atomic E-state index is 0.0999. The smallest absolute Gasteiger partial charge is 0.162 e. The normalized spacial score (nSPS) is 13.9. The lowest BCUT2D eigenvalue weighted by Crippen LogP contribution is -2.15. The topological polar surface area (TPSA) is 63.5 Å². The Morgan fingerprint density at radius 2 is 1.33 bits per heavy atom. The van der Waals surface area contributed by atoms with Crippen molar-refractivity contribution < 1.29 is 14.8 Å². The van der Waals surface area contributed by atoms with E-state index < -0.39 is 11.2 Å². The molecule has 0 atom stereocenters. The van der Waals surface area contributed by atoms with Gasteiger partial charge in [0, 0.05) is 41.9 Å². The second-order valence-corrected chi connectivity index (χ2v) is 6.69. The van der Waals surface area contributed by atoms with Crippen LogP contribution in [-0.2, 0) is 30.4 Å². The van der Waals surface area contributed by atoms with Gasteiger partial charge in [0.25, 0.3) is 0 Å². The fraction of sp³-hybridized carbons (Fsp3) is 0.294. The van der Waals surface area contributed by atoms with Gasteiger partial charge in [-0.05, 0) is 36.1 Å². The SMILES string of the molecule is [O-][S+]1c2cc(CCO)ccc2Cc2ccc(CCO)cc21. The molecule has 3 nitrogen and oxygen atoms in total. The van der Waals surface area contributed by atoms with Crippen LogP contribution in [0.2, 0.25) is 0 Å². The average molecular weight is 302 g/mol. The van der Waals surface area contributed by atoms with Gasteiger partial charge in [0.1, 0.15) is 0 Å². The third-order valence-electron chi connectivity index (χ3n) is 3.84. The van der Waals surface area contributed by atoms with Crippen molar-refractivity contribution in [3.05, 3.63) is 58.7 Å². The van der Waals surface area contributed by atoms with Crippen LogP contribution < -0.4 is 0 Å². The summed E-state index contributed by atoms with van der Waals surface area (Å²) in [5.74, 6) is 0. The highest BCUT2D eigenvalue weighted by Crippen LogP contribution is 2.35. The van der Waals surface area contributed by atoms with E-state index >= 15 is 0 Å². The van der Waals surface area contributed by atoms with Crippen LogP contribution in [0.5, 0.6) is 0 Å². The molecule has 0 saturated carbocycles. The molecule has 0 bridgehead atoms. The lowest BCUT2D eigenvalue weighted by atomic mass is 10.00. The van der Waals surface area contributed by atoms with Crippen molar-refractivity contribution in [2.24, 2.45) is 0 Å². The van der Waals surface area contributed by atoms with E-state index in [1.807, 2.05) is 36.4 Å². The lowest BCUT2D eigenvalue weighted by molar-refractivity contribution is 0.299. The largest absolute Gasteiger partial charge is 0.606 e. The van der Waals surface area contributed by atoms with Gasteiger partial charge in [0.15, 0.2) is 9.79 Å². The number of hydrogen-bond acceptors (Lipinski definition) is 3. The average Bonchev–Trinajstić information content (AvgIpc) is 2.49. The molecule has 1 aliphatic heterocycles. The van der Waals surface area contributed by atoms with Crippen LogP contribution in [0.4, 0.5) is 0 Å². The number of fused-ring (bicyclic) bond motifs is 2. The predicted molar refractivity (Wildman–Crippen MR) is 81.9 cm³/mol. The summed E-state index contributed by atoms with van der Waals surface area (Å²) < 4.78 is 12.8. The predicted octanol–water partition coefficient (Wildman–Crippen LogP) is 1.83. The molecule has 21 heavy (non-hydrogen) atoms. The van der Waals surface area contributed by atoms with Gasteiger partial charge in [-0.15, -0.1) is 0 Å². The second-order valence-electron chi connectivity index (χ2n) is 5.28. The lowest BCUT2D eigenvalue weighted by Gasteiger charge is -2.22. The summed E-state index contributed by atoms with van der Waals surface area (Å²) in [6, 6.07) is 11.9. The Balaban J connectivity index is 1.99. The van der Waals surface area contributed by atoms with Crippen molar-refractivity contribution in [1.82, 2.24) is 0 Å². The molecule has 0 aromatic heterocycles. The first kappa shape index (κ1) is 14.6. The number of aliphatic hydroxyl groups excluding tert-OH is 2. The van der Waals surface area contributed by atoms with Crippen molar-refractivity contribution >= 4 is 11.2 Å². The van der Waals surface area contributed by atoms with Crippen LogP contribution in [-0.4, -0.2) is 28.0 Å². The van der Waals surface area contributed by atoms with Crippen molar-refractivity contribution in [3.8, 4) is 0 Å². The van der Waals surface area contributed by atoms with Gasteiger partial charge < -0.3 is 14.8 Å². The van der Waals surface area contributed by atoms with Gasteiger partial charge in [0.2, 0.25) is 0 Å². The first-order chi connectivity index (χ1) is 10.2. The van der Waals surface area contributed by atoms with E-state index in [4.69, 9.17) is 10.2 Å². The van der Waals surface area contributed by atoms with Gasteiger partial charge in [-0.25, -0.2) is 0 Å². The number of aliphatic hydroxyl groups is 2. The van der Waals surface area contributed by atoms with Crippen LogP contribution in [0.1, 0.15) is 22.3 Å². The van der Waals surface area contributed by atoms with E-state index in [1.165, 1.54) is 0 Å². The molecular formula is C17H18O3S. The minimum Gasteiger partial charge on any atom is -0.606 e. The van der Waals surface area contributed by atoms with Gasteiger partial charge in [-0.2, -0.15) is 0 Å². The number of benzene rings is 2. The highest BCUT2D eigenvalue weighted by molar-refractivity contribution is 7.91. The summed E-state index contributed by atoms with van der Waals surface area (Å²) in [4.78, 5) is 1.71. The molecule has 0 fully saturated rings. The molecule has 2 aromatic rings. The maximum atomic E-state index is 12.8. The first-order valence-electron chi connectivity index (χ1n) is 7.10. The zero-order valence-corrected chi connectivity index (χ0v) is 12.5. The summed E-state index contributed by atoms with van der Waals surface area (Å²) in [7, 11) is 0. The third kappa shape index (κ3) is 2.85. The van der Waals surface area contributed by atoms with Crippen molar-refractivity contribution in [2.75, 3.05) is 13.2 Å². The molecule has 3 rings (SSSR count). The van der Waals surface area contributed by atoms with E-state index in [-0.39, 0.29) is 13.2 Å². The van der Waals surface area contributed by atoms with E-state index in [0.717, 1.165) is 38.5 Å². The van der Waals surface area contributed by atoms with Gasteiger partial charge >= 0.3 is 0 Å². The molecule has 0 amide bonds. The maximum Gasteiger partial charge on any atom is 0.162 e. The van der Waals surface area contributed by atoms with Crippen molar-refractivity contribution in [2.45, 2.75) is 29.1 Å². The number of rotatable bonds is 4. The summed E-state index contributed by atoms with van der Waals surface area (Å²) in [6.07, 6.45) is 1.96. The third-order valence-corrected chi connectivity index (χ3v) is 5.40. The monoisotopic (exact) mass is 302 g/mol. The van der Waals surface area contributed by atoms with E-state index in [0.29, 0.717) is 12.8 Å². The molecule has 0 radical (unpaired) electrons. The summed E-state index contributed by atoms with van der Waals surface area (Å²) >= 11 is -1.18. The molecule has 1 aliphatic rings. The molecule has 1 heterocycles. The van der Waals surface area contributed by atoms with E-state index in [1.54, 1.807) is 0 Å². The fourth-order valence-corrected chi connectivity index (χ4v) is 4.24. The Morgan fingerprint density at radius 3 is 1.76 bits per heavy atom. The fourth-order valence-electron chi connectivity index (χ4n) is 2.73. The number of hydrogen-bond donors (Lipinski definition) is 2. The maximum absolute atomic E-state index is 12.8. The zero-order valence-electron chi connectivity index (χ0n) is 11.7. The molecule has 2 aromatic carbocycles. The highest BCUT2D eigenvalue weighted by atomic mass is 32.2. The molecule has 0 spiro atoms. The standard InChI is InChI=1S/C17H18O3S/c18-7-5-12-1-3-14-11-15-4-2-13(6-8-19)10-17(15)21(20)16(14)9-12/h1-4,9-10,18-19H,5-8,11H2. The summed E-state index contributed by atoms with van der Waals surface area (Å²) in [6.45, 7) is 0.200. The minimum atomic E-state index is -1.18. The highest BCUT2D eigenvalue weighted by Gasteiger charge is 2.28. The van der Waals surface area contributed by atoms with Crippen LogP contribution in [0.3, 0.4) is 0 Å². The molecule has 0 aliphatic carbocycles. The van der Waals surface area contributed by atoms with Crippen LogP contribution in [0.25, 0.3) is 0 Å². The van der Waals surface area contributed by atoms with Crippen molar-refractivity contribution in [1.29, 1.82) is 0 Å². The molecular weight excluding hydrogens is 284 g/mol. The Bertz CT molecular complexity index is 599. The van der Waals surface area contributed by atoms with Gasteiger partial charge in [-0.3, -0.25) is 0 Å². The molecule has 4 heteroatoms. The molecule has 0 unspecified atom stereocenters. The first-order valence-corrected chi connectivity index (χ1v) is 8.25. The van der Waals surface area contributed by atoms with Gasteiger partial charge in [-0.1, -0.05) is 24.3 Å².